The van der Waals surface area contributed by atoms with Crippen molar-refractivity contribution in [1.29, 1.82) is 0 Å². The van der Waals surface area contributed by atoms with E-state index in [2.05, 4.69) is 10.6 Å². The van der Waals surface area contributed by atoms with Crippen LogP contribution in [0.1, 0.15) is 12.8 Å². The summed E-state index contributed by atoms with van der Waals surface area (Å²) in [6.45, 7) is 1.37. The summed E-state index contributed by atoms with van der Waals surface area (Å²) in [4.78, 5) is 11.7. The van der Waals surface area contributed by atoms with Gasteiger partial charge in [-0.25, -0.2) is 4.79 Å². The molecule has 0 bridgehead atoms. The molecule has 1 unspecified atom stereocenters. The standard InChI is InChI=1S/C12H17N3O2/c13-9-3-1-4-10(7-9)14-12(16)15-11-5-2-6-17-8-11/h1,3-4,7,11H,2,5-6,8,13H2,(H2,14,15,16). The molecule has 0 aliphatic carbocycles. The predicted octanol–water partition coefficient (Wildman–Crippen LogP) is 1.57. The fraction of sp³-hybridized carbons (Fsp3) is 0.417. The number of urea groups is 1. The maximum atomic E-state index is 11.7. The van der Waals surface area contributed by atoms with Gasteiger partial charge in [-0.1, -0.05) is 6.07 Å². The lowest BCUT2D eigenvalue weighted by Gasteiger charge is -2.23. The molecule has 5 heteroatoms. The molecule has 92 valence electrons. The number of hydrogen-bond donors (Lipinski definition) is 3. The minimum atomic E-state index is -0.217. The summed E-state index contributed by atoms with van der Waals surface area (Å²) in [6, 6.07) is 6.98. The molecular weight excluding hydrogens is 218 g/mol. The lowest BCUT2D eigenvalue weighted by atomic mass is 10.1. The Balaban J connectivity index is 1.84. The molecule has 4 N–H and O–H groups in total. The highest BCUT2D eigenvalue weighted by molar-refractivity contribution is 5.89. The summed E-state index contributed by atoms with van der Waals surface area (Å²) in [5.74, 6) is 0. The van der Waals surface area contributed by atoms with Gasteiger partial charge in [0.05, 0.1) is 12.6 Å². The molecular formula is C12H17N3O2. The van der Waals surface area contributed by atoms with Crippen molar-refractivity contribution in [3.8, 4) is 0 Å². The molecule has 1 aliphatic heterocycles. The smallest absolute Gasteiger partial charge is 0.319 e. The van der Waals surface area contributed by atoms with E-state index < -0.39 is 0 Å². The predicted molar refractivity (Wildman–Crippen MR) is 66.8 cm³/mol. The Labute approximate surface area is 100 Å². The lowest BCUT2D eigenvalue weighted by Crippen LogP contribution is -2.42. The van der Waals surface area contributed by atoms with E-state index in [0.717, 1.165) is 19.4 Å². The molecule has 1 aromatic rings. The highest BCUT2D eigenvalue weighted by atomic mass is 16.5. The van der Waals surface area contributed by atoms with E-state index in [9.17, 15) is 4.79 Å². The third-order valence-corrected chi connectivity index (χ3v) is 2.64. The summed E-state index contributed by atoms with van der Waals surface area (Å²) in [6.07, 6.45) is 1.95. The van der Waals surface area contributed by atoms with Crippen LogP contribution in [0.4, 0.5) is 16.2 Å². The van der Waals surface area contributed by atoms with Gasteiger partial charge in [-0.05, 0) is 31.0 Å². The maximum Gasteiger partial charge on any atom is 0.319 e. The minimum absolute atomic E-state index is 0.102. The fourth-order valence-electron chi connectivity index (χ4n) is 1.82. The fourth-order valence-corrected chi connectivity index (χ4v) is 1.82. The van der Waals surface area contributed by atoms with Crippen molar-refractivity contribution in [1.82, 2.24) is 5.32 Å². The highest BCUT2D eigenvalue weighted by Crippen LogP contribution is 2.12. The Hall–Kier alpha value is -1.75. The van der Waals surface area contributed by atoms with Gasteiger partial charge in [0.25, 0.3) is 0 Å². The third-order valence-electron chi connectivity index (χ3n) is 2.64. The van der Waals surface area contributed by atoms with Crippen LogP contribution >= 0.6 is 0 Å². The van der Waals surface area contributed by atoms with E-state index in [1.807, 2.05) is 0 Å². The molecule has 0 radical (unpaired) electrons. The second-order valence-electron chi connectivity index (χ2n) is 4.14. The van der Waals surface area contributed by atoms with Crippen molar-refractivity contribution in [2.45, 2.75) is 18.9 Å². The van der Waals surface area contributed by atoms with Gasteiger partial charge >= 0.3 is 6.03 Å². The van der Waals surface area contributed by atoms with Crippen LogP contribution in [0.25, 0.3) is 0 Å². The Bertz CT molecular complexity index is 389. The summed E-state index contributed by atoms with van der Waals surface area (Å²) < 4.78 is 5.29. The first-order valence-corrected chi connectivity index (χ1v) is 5.75. The van der Waals surface area contributed by atoms with E-state index in [0.29, 0.717) is 18.0 Å². The van der Waals surface area contributed by atoms with Crippen molar-refractivity contribution in [2.75, 3.05) is 24.3 Å². The van der Waals surface area contributed by atoms with Gasteiger partial charge in [0, 0.05) is 18.0 Å². The zero-order chi connectivity index (χ0) is 12.1. The van der Waals surface area contributed by atoms with Crippen molar-refractivity contribution >= 4 is 17.4 Å². The molecule has 2 amide bonds. The van der Waals surface area contributed by atoms with Crippen LogP contribution in [0.3, 0.4) is 0 Å². The van der Waals surface area contributed by atoms with Crippen molar-refractivity contribution in [3.05, 3.63) is 24.3 Å². The molecule has 17 heavy (non-hydrogen) atoms. The normalized spacial score (nSPS) is 19.6. The minimum Gasteiger partial charge on any atom is -0.399 e. The number of ether oxygens (including phenoxy) is 1. The molecule has 1 fully saturated rings. The summed E-state index contributed by atoms with van der Waals surface area (Å²) in [5.41, 5.74) is 6.95. The molecule has 1 aromatic carbocycles. The lowest BCUT2D eigenvalue weighted by molar-refractivity contribution is 0.0739. The van der Waals surface area contributed by atoms with E-state index in [1.54, 1.807) is 24.3 Å². The average Bonchev–Trinajstić information content (AvgIpc) is 2.30. The van der Waals surface area contributed by atoms with Gasteiger partial charge < -0.3 is 21.1 Å². The number of nitrogens with two attached hydrogens (primary N) is 1. The number of nitrogen functional groups attached to an aromatic ring is 1. The quantitative estimate of drug-likeness (QED) is 0.681. The first-order valence-electron chi connectivity index (χ1n) is 5.75. The molecule has 1 saturated heterocycles. The maximum absolute atomic E-state index is 11.7. The van der Waals surface area contributed by atoms with E-state index in [4.69, 9.17) is 10.5 Å². The van der Waals surface area contributed by atoms with Crippen LogP contribution in [0.15, 0.2) is 24.3 Å². The first-order chi connectivity index (χ1) is 8.24. The zero-order valence-corrected chi connectivity index (χ0v) is 9.61. The molecule has 0 saturated carbocycles. The van der Waals surface area contributed by atoms with Gasteiger partial charge in [0.2, 0.25) is 0 Å². The van der Waals surface area contributed by atoms with Gasteiger partial charge in [0.15, 0.2) is 0 Å². The monoisotopic (exact) mass is 235 g/mol. The number of carbonyl (C=O) groups is 1. The largest absolute Gasteiger partial charge is 0.399 e. The van der Waals surface area contributed by atoms with Gasteiger partial charge in [-0.2, -0.15) is 0 Å². The molecule has 0 spiro atoms. The average molecular weight is 235 g/mol. The highest BCUT2D eigenvalue weighted by Gasteiger charge is 2.15. The molecule has 2 rings (SSSR count). The second-order valence-corrected chi connectivity index (χ2v) is 4.14. The third kappa shape index (κ3) is 3.64. The van der Waals surface area contributed by atoms with Crippen LogP contribution in [0.2, 0.25) is 0 Å². The van der Waals surface area contributed by atoms with Crippen LogP contribution in [0.5, 0.6) is 0 Å². The SMILES string of the molecule is Nc1cccc(NC(=O)NC2CCCOC2)c1. The second kappa shape index (κ2) is 5.54. The Morgan fingerprint density at radius 3 is 3.06 bits per heavy atom. The summed E-state index contributed by atoms with van der Waals surface area (Å²) in [5, 5.41) is 5.62. The van der Waals surface area contributed by atoms with Crippen molar-refractivity contribution in [3.63, 3.8) is 0 Å². The van der Waals surface area contributed by atoms with E-state index in [1.165, 1.54) is 0 Å². The van der Waals surface area contributed by atoms with Crippen LogP contribution in [-0.4, -0.2) is 25.3 Å². The number of amides is 2. The molecule has 1 atom stereocenters. The summed E-state index contributed by atoms with van der Waals surface area (Å²) >= 11 is 0. The van der Waals surface area contributed by atoms with Crippen molar-refractivity contribution < 1.29 is 9.53 Å². The molecule has 0 aromatic heterocycles. The summed E-state index contributed by atoms with van der Waals surface area (Å²) in [7, 11) is 0. The van der Waals surface area contributed by atoms with Crippen LogP contribution in [-0.2, 0) is 4.74 Å². The van der Waals surface area contributed by atoms with Crippen LogP contribution < -0.4 is 16.4 Å². The van der Waals surface area contributed by atoms with E-state index in [-0.39, 0.29) is 12.1 Å². The first kappa shape index (κ1) is 11.7. The number of anilines is 2. The Morgan fingerprint density at radius 1 is 1.47 bits per heavy atom. The number of hydrogen-bond acceptors (Lipinski definition) is 3. The zero-order valence-electron chi connectivity index (χ0n) is 9.61. The Kier molecular flexibility index (Phi) is 3.82. The number of nitrogens with one attached hydrogen (secondary N) is 2. The van der Waals surface area contributed by atoms with Gasteiger partial charge in [0.1, 0.15) is 0 Å². The van der Waals surface area contributed by atoms with Crippen molar-refractivity contribution in [2.24, 2.45) is 0 Å². The number of rotatable bonds is 2. The molecule has 1 heterocycles. The van der Waals surface area contributed by atoms with Gasteiger partial charge in [-0.3, -0.25) is 0 Å². The topological polar surface area (TPSA) is 76.4 Å². The Morgan fingerprint density at radius 2 is 2.35 bits per heavy atom. The number of carbonyl (C=O) groups excluding carboxylic acids is 1. The number of benzene rings is 1. The van der Waals surface area contributed by atoms with E-state index >= 15 is 0 Å². The molecule has 1 aliphatic rings. The van der Waals surface area contributed by atoms with Crippen LogP contribution in [0, 0.1) is 0 Å². The van der Waals surface area contributed by atoms with Gasteiger partial charge in [-0.15, -0.1) is 0 Å². The molecule has 5 nitrogen and oxygen atoms in total.